The van der Waals surface area contributed by atoms with Crippen LogP contribution >= 0.6 is 0 Å². The van der Waals surface area contributed by atoms with Crippen molar-refractivity contribution in [2.45, 2.75) is 17.7 Å². The van der Waals surface area contributed by atoms with E-state index in [1.54, 1.807) is 19.2 Å². The van der Waals surface area contributed by atoms with Gasteiger partial charge in [-0.3, -0.25) is 4.79 Å². The normalized spacial score (nSPS) is 20.0. The number of hydrogen-bond donors (Lipinski definition) is 1. The zero-order valence-corrected chi connectivity index (χ0v) is 13.0. The van der Waals surface area contributed by atoms with Gasteiger partial charge in [0.2, 0.25) is 15.9 Å². The first-order chi connectivity index (χ1) is 9.98. The van der Waals surface area contributed by atoms with Crippen LogP contribution in [0.15, 0.2) is 29.2 Å². The Labute approximate surface area is 125 Å². The van der Waals surface area contributed by atoms with Gasteiger partial charge in [-0.15, -0.1) is 0 Å². The molecule has 1 aromatic rings. The average molecular weight is 312 g/mol. The Morgan fingerprint density at radius 3 is 2.57 bits per heavy atom. The van der Waals surface area contributed by atoms with Crippen LogP contribution in [0.5, 0.6) is 5.75 Å². The minimum atomic E-state index is -3.56. The Morgan fingerprint density at radius 2 is 2.00 bits per heavy atom. The number of sulfonamides is 1. The predicted molar refractivity (Wildman–Crippen MR) is 78.5 cm³/mol. The molecule has 0 spiro atoms. The fourth-order valence-corrected chi connectivity index (χ4v) is 4.00. The number of piperidine rings is 1. The standard InChI is InChI=1S/C14H20N2O4S/c1-15-14(17)11-4-3-9-16(10-11)21(18,19)13-7-5-12(20-2)6-8-13/h5-8,11H,3-4,9-10H2,1-2H3,(H,15,17)/t11-/m1/s1. The van der Waals surface area contributed by atoms with Crippen molar-refractivity contribution in [2.75, 3.05) is 27.2 Å². The van der Waals surface area contributed by atoms with Crippen LogP contribution in [0.25, 0.3) is 0 Å². The van der Waals surface area contributed by atoms with Gasteiger partial charge in [0.15, 0.2) is 0 Å². The van der Waals surface area contributed by atoms with Crippen LogP contribution in [0.4, 0.5) is 0 Å². The maximum atomic E-state index is 12.6. The number of nitrogens with one attached hydrogen (secondary N) is 1. The lowest BCUT2D eigenvalue weighted by atomic mass is 9.99. The molecule has 1 saturated heterocycles. The molecule has 0 unspecified atom stereocenters. The van der Waals surface area contributed by atoms with Gasteiger partial charge >= 0.3 is 0 Å². The van der Waals surface area contributed by atoms with Crippen molar-refractivity contribution in [3.63, 3.8) is 0 Å². The molecule has 1 heterocycles. The van der Waals surface area contributed by atoms with Crippen molar-refractivity contribution < 1.29 is 17.9 Å². The van der Waals surface area contributed by atoms with Crippen molar-refractivity contribution in [3.8, 4) is 5.75 Å². The molecule has 0 radical (unpaired) electrons. The van der Waals surface area contributed by atoms with Crippen LogP contribution in [0.3, 0.4) is 0 Å². The summed E-state index contributed by atoms with van der Waals surface area (Å²) < 4.78 is 31.6. The number of rotatable bonds is 4. The first kappa shape index (κ1) is 15.8. The molecule has 0 saturated carbocycles. The highest BCUT2D eigenvalue weighted by molar-refractivity contribution is 7.89. The third kappa shape index (κ3) is 3.36. The number of carbonyl (C=O) groups excluding carboxylic acids is 1. The van der Waals surface area contributed by atoms with E-state index in [1.807, 2.05) is 0 Å². The summed E-state index contributed by atoms with van der Waals surface area (Å²) in [4.78, 5) is 11.9. The Morgan fingerprint density at radius 1 is 1.33 bits per heavy atom. The van der Waals surface area contributed by atoms with Gasteiger partial charge in [-0.2, -0.15) is 4.31 Å². The molecule has 0 aliphatic carbocycles. The zero-order chi connectivity index (χ0) is 15.5. The summed E-state index contributed by atoms with van der Waals surface area (Å²) in [6.45, 7) is 0.676. The number of carbonyl (C=O) groups is 1. The summed E-state index contributed by atoms with van der Waals surface area (Å²) in [7, 11) is -0.465. The Hall–Kier alpha value is -1.60. The Balaban J connectivity index is 2.19. The van der Waals surface area contributed by atoms with Crippen molar-refractivity contribution >= 4 is 15.9 Å². The number of nitrogens with zero attached hydrogens (tertiary/aromatic N) is 1. The van der Waals surface area contributed by atoms with E-state index in [0.717, 1.165) is 0 Å². The smallest absolute Gasteiger partial charge is 0.243 e. The van der Waals surface area contributed by atoms with Crippen molar-refractivity contribution in [1.82, 2.24) is 9.62 Å². The van der Waals surface area contributed by atoms with Crippen LogP contribution < -0.4 is 10.1 Å². The van der Waals surface area contributed by atoms with Gasteiger partial charge in [-0.1, -0.05) is 0 Å². The summed E-state index contributed by atoms with van der Waals surface area (Å²) >= 11 is 0. The molecule has 2 rings (SSSR count). The molecule has 1 atom stereocenters. The number of amides is 1. The maximum absolute atomic E-state index is 12.6. The number of ether oxygens (including phenoxy) is 1. The molecule has 7 heteroatoms. The SMILES string of the molecule is CNC(=O)[C@@H]1CCCN(S(=O)(=O)c2ccc(OC)cc2)C1. The second-order valence-corrected chi connectivity index (χ2v) is 6.93. The number of hydrogen-bond acceptors (Lipinski definition) is 4. The van der Waals surface area contributed by atoms with Crippen LogP contribution in [-0.4, -0.2) is 45.9 Å². The zero-order valence-electron chi connectivity index (χ0n) is 12.2. The highest BCUT2D eigenvalue weighted by Gasteiger charge is 2.32. The molecule has 116 valence electrons. The van der Waals surface area contributed by atoms with Gasteiger partial charge < -0.3 is 10.1 Å². The quantitative estimate of drug-likeness (QED) is 0.894. The molecule has 0 aromatic heterocycles. The number of methoxy groups -OCH3 is 1. The van der Waals surface area contributed by atoms with E-state index in [1.165, 1.54) is 23.5 Å². The van der Waals surface area contributed by atoms with E-state index in [4.69, 9.17) is 4.74 Å². The molecule has 1 aromatic carbocycles. The predicted octanol–water partition coefficient (Wildman–Crippen LogP) is 0.842. The van der Waals surface area contributed by atoms with E-state index >= 15 is 0 Å². The summed E-state index contributed by atoms with van der Waals surface area (Å²) in [5, 5.41) is 2.58. The van der Waals surface area contributed by atoms with E-state index in [-0.39, 0.29) is 23.3 Å². The number of benzene rings is 1. The van der Waals surface area contributed by atoms with Gasteiger partial charge in [0.05, 0.1) is 17.9 Å². The molecule has 21 heavy (non-hydrogen) atoms. The first-order valence-corrected chi connectivity index (χ1v) is 8.29. The van der Waals surface area contributed by atoms with Gasteiger partial charge in [-0.05, 0) is 37.1 Å². The van der Waals surface area contributed by atoms with Crippen molar-refractivity contribution in [3.05, 3.63) is 24.3 Å². The lowest BCUT2D eigenvalue weighted by Gasteiger charge is -2.30. The lowest BCUT2D eigenvalue weighted by molar-refractivity contribution is -0.125. The van der Waals surface area contributed by atoms with E-state index in [2.05, 4.69) is 5.32 Å². The molecule has 6 nitrogen and oxygen atoms in total. The molecule has 0 bridgehead atoms. The summed E-state index contributed by atoms with van der Waals surface area (Å²) in [6.07, 6.45) is 1.40. The minimum absolute atomic E-state index is 0.107. The van der Waals surface area contributed by atoms with Crippen molar-refractivity contribution in [1.29, 1.82) is 0 Å². The molecular formula is C14H20N2O4S. The fraction of sp³-hybridized carbons (Fsp3) is 0.500. The minimum Gasteiger partial charge on any atom is -0.497 e. The second-order valence-electron chi connectivity index (χ2n) is 4.99. The first-order valence-electron chi connectivity index (χ1n) is 6.85. The van der Waals surface area contributed by atoms with E-state index < -0.39 is 10.0 Å². The summed E-state index contributed by atoms with van der Waals surface area (Å²) in [5.74, 6) is 0.220. The van der Waals surface area contributed by atoms with Gasteiger partial charge in [0.1, 0.15) is 5.75 Å². The maximum Gasteiger partial charge on any atom is 0.243 e. The molecule has 1 amide bonds. The Kier molecular flexibility index (Phi) is 4.84. The molecular weight excluding hydrogens is 292 g/mol. The van der Waals surface area contributed by atoms with Crippen LogP contribution in [-0.2, 0) is 14.8 Å². The monoisotopic (exact) mass is 312 g/mol. The third-order valence-corrected chi connectivity index (χ3v) is 5.58. The summed E-state index contributed by atoms with van der Waals surface area (Å²) in [6, 6.07) is 6.29. The molecule has 1 fully saturated rings. The van der Waals surface area contributed by atoms with Gasteiger partial charge in [-0.25, -0.2) is 8.42 Å². The highest BCUT2D eigenvalue weighted by Crippen LogP contribution is 2.25. The largest absolute Gasteiger partial charge is 0.497 e. The van der Waals surface area contributed by atoms with E-state index in [9.17, 15) is 13.2 Å². The van der Waals surface area contributed by atoms with Gasteiger partial charge in [0.25, 0.3) is 0 Å². The van der Waals surface area contributed by atoms with Gasteiger partial charge in [0, 0.05) is 20.1 Å². The fourth-order valence-electron chi connectivity index (χ4n) is 2.48. The van der Waals surface area contributed by atoms with Crippen LogP contribution in [0, 0.1) is 5.92 Å². The highest BCUT2D eigenvalue weighted by atomic mass is 32.2. The molecule has 1 aliphatic heterocycles. The lowest BCUT2D eigenvalue weighted by Crippen LogP contribution is -2.44. The average Bonchev–Trinajstić information content (AvgIpc) is 2.54. The Bertz CT molecular complexity index is 598. The molecule has 1 N–H and O–H groups in total. The third-order valence-electron chi connectivity index (χ3n) is 3.70. The van der Waals surface area contributed by atoms with E-state index in [0.29, 0.717) is 25.1 Å². The van der Waals surface area contributed by atoms with Crippen LogP contribution in [0.1, 0.15) is 12.8 Å². The second kappa shape index (κ2) is 6.44. The molecule has 1 aliphatic rings. The van der Waals surface area contributed by atoms with Crippen molar-refractivity contribution in [2.24, 2.45) is 5.92 Å². The van der Waals surface area contributed by atoms with Crippen LogP contribution in [0.2, 0.25) is 0 Å². The summed E-state index contributed by atoms with van der Waals surface area (Å²) in [5.41, 5.74) is 0. The topological polar surface area (TPSA) is 75.7 Å².